The van der Waals surface area contributed by atoms with Crippen molar-refractivity contribution >= 4 is 86.2 Å². The minimum absolute atomic E-state index is 0. The molecule has 12 aromatic carbocycles. The summed E-state index contributed by atoms with van der Waals surface area (Å²) >= 11 is 0. The Kier molecular flexibility index (Phi) is 28.4. The number of benzene rings is 12. The van der Waals surface area contributed by atoms with Gasteiger partial charge in [0, 0.05) is 111 Å². The predicted octanol–water partition coefficient (Wildman–Crippen LogP) is 25.0. The van der Waals surface area contributed by atoms with Crippen molar-refractivity contribution < 1.29 is 85.2 Å². The van der Waals surface area contributed by atoms with Crippen LogP contribution in [0.4, 0.5) is 0 Å². The van der Waals surface area contributed by atoms with E-state index in [9.17, 15) is 0 Å². The summed E-state index contributed by atoms with van der Waals surface area (Å²) in [6.07, 6.45) is 20.3. The van der Waals surface area contributed by atoms with E-state index in [4.69, 9.17) is 4.74 Å². The van der Waals surface area contributed by atoms with Crippen LogP contribution in [0, 0.1) is 24.3 Å². The Morgan fingerprint density at radius 2 is 0.618 bits per heavy atom. The van der Waals surface area contributed by atoms with E-state index in [1.807, 2.05) is 43.0 Å². The second-order valence-electron chi connectivity index (χ2n) is 26.4. The summed E-state index contributed by atoms with van der Waals surface area (Å²) in [5.41, 5.74) is 12.3. The maximum absolute atomic E-state index is 5.20. The van der Waals surface area contributed by atoms with Crippen LogP contribution < -0.4 is 4.74 Å². The number of unbranched alkanes of at least 4 members (excludes halogenated alkanes) is 6. The molecule has 0 aliphatic carbocycles. The van der Waals surface area contributed by atoms with E-state index >= 15 is 0 Å². The fourth-order valence-electron chi connectivity index (χ4n) is 13.3. The summed E-state index contributed by atoms with van der Waals surface area (Å²) < 4.78 is 5.20. The zero-order chi connectivity index (χ0) is 67.2. The SMILES string of the molecule is CC(C)(C)c1c[c-]c(-c2nccc3c2ccc2ccccc23)cc1.CCCCCCCCc1c[c-]c(-c2nccc3c2ccc2ccccc23)cc1.CCCCc1c[c-]c(-c2nccc3c2ccc2ccccc23)cc1.COc1c[c-]c(-c2nccc3c2ccc2ccccc23)cc1.[Ir].[Ir].[Ir].[Ir]. The molecule has 5 nitrogen and oxygen atoms in total. The number of rotatable bonds is 15. The van der Waals surface area contributed by atoms with Crippen LogP contribution in [-0.4, -0.2) is 27.0 Å². The fourth-order valence-corrected chi connectivity index (χ4v) is 13.3. The predicted molar refractivity (Wildman–Crippen MR) is 415 cm³/mol. The molecule has 4 aromatic heterocycles. The summed E-state index contributed by atoms with van der Waals surface area (Å²) in [5, 5.41) is 19.8. The smallest absolute Gasteiger partial charge is 0.0647 e. The first-order valence-corrected chi connectivity index (χ1v) is 34.8. The number of aryl methyl sites for hydroxylation is 2. The van der Waals surface area contributed by atoms with Crippen molar-refractivity contribution in [2.45, 2.75) is 104 Å². The zero-order valence-corrected chi connectivity index (χ0v) is 68.1. The number of aromatic nitrogens is 4. The van der Waals surface area contributed by atoms with Crippen molar-refractivity contribution in [1.29, 1.82) is 0 Å². The Balaban J connectivity index is 0.000000157. The van der Waals surface area contributed by atoms with Crippen LogP contribution in [0.5, 0.6) is 5.75 Å². The Hall–Kier alpha value is -8.28. The molecule has 0 unspecified atom stereocenters. The summed E-state index contributed by atoms with van der Waals surface area (Å²) in [4.78, 5) is 18.5. The Labute approximate surface area is 655 Å². The van der Waals surface area contributed by atoms with Crippen LogP contribution >= 0.6 is 0 Å². The quantitative estimate of drug-likeness (QED) is 0.0581. The van der Waals surface area contributed by atoms with E-state index in [1.165, 1.54) is 149 Å². The second-order valence-corrected chi connectivity index (χ2v) is 26.4. The van der Waals surface area contributed by atoms with Gasteiger partial charge in [-0.15, -0.1) is 136 Å². The number of ether oxygens (including phenoxy) is 1. The molecular formula is C93H82Ir4N4O-4. The molecule has 520 valence electrons. The number of fused-ring (bicyclic) bond motifs is 12. The first-order chi connectivity index (χ1) is 48.1. The van der Waals surface area contributed by atoms with E-state index < -0.39 is 0 Å². The van der Waals surface area contributed by atoms with Crippen molar-refractivity contribution in [3.05, 3.63) is 308 Å². The minimum atomic E-state index is 0. The molecule has 4 heterocycles. The summed E-state index contributed by atoms with van der Waals surface area (Å²) in [5.74, 6) is 0.800. The molecule has 102 heavy (non-hydrogen) atoms. The Morgan fingerprint density at radius 1 is 0.294 bits per heavy atom. The molecule has 0 atom stereocenters. The Bertz CT molecular complexity index is 5390. The monoisotopic (exact) mass is 2040 g/mol. The molecule has 9 heteroatoms. The van der Waals surface area contributed by atoms with Crippen LogP contribution in [0.2, 0.25) is 0 Å². The number of hydrogen-bond donors (Lipinski definition) is 0. The first kappa shape index (κ1) is 77.9. The fraction of sp³-hybridized carbons (Fsp3) is 0.183. The van der Waals surface area contributed by atoms with Gasteiger partial charge in [0.15, 0.2) is 0 Å². The third-order valence-electron chi connectivity index (χ3n) is 18.8. The molecule has 0 aliphatic rings. The molecule has 0 fully saturated rings. The first-order valence-electron chi connectivity index (χ1n) is 34.8. The van der Waals surface area contributed by atoms with Gasteiger partial charge in [-0.05, 0) is 139 Å². The number of methoxy groups -OCH3 is 1. The van der Waals surface area contributed by atoms with Crippen LogP contribution in [0.25, 0.3) is 131 Å². The van der Waals surface area contributed by atoms with E-state index in [1.54, 1.807) is 7.11 Å². The van der Waals surface area contributed by atoms with E-state index in [0.29, 0.717) is 0 Å². The average Bonchev–Trinajstić information content (AvgIpc) is 0.792. The summed E-state index contributed by atoms with van der Waals surface area (Å²) in [6, 6.07) is 98.6. The average molecular weight is 2040 g/mol. The number of hydrogen-bond acceptors (Lipinski definition) is 5. The molecular weight excluding hydrogens is 1960 g/mol. The standard InChI is InChI=1S/C27H28N.2C23H20N.C20H14NO.4Ir/c1-2-3-4-5-6-7-10-21-13-15-23(16-14-21)27-26-18-17-22-11-8-9-12-24(22)25(26)19-20-28-27;1-23(2,3)18-11-8-17(9-12-18)22-21-13-10-16-6-4-5-7-19(16)20(21)14-15-24-22;1-2-3-6-17-9-11-19(12-10-17)23-22-14-13-18-7-4-5-8-20(18)21(22)15-16-24-23;1-22-16-9-6-15(7-10-16)20-19-11-8-14-4-2-3-5-17(14)18(19)12-13-21-20;;;;/h8-9,11-15,17-20H,2-7,10H2,1H3;4-8,10-15H,1-3H3;4-5,7-11,13-16H,2-3,6H2,1H3;2-6,8-13H,1H3;;;;/q4*-1;;;;. The van der Waals surface area contributed by atoms with Crippen molar-refractivity contribution in [1.82, 2.24) is 19.9 Å². The molecule has 16 aromatic rings. The third-order valence-corrected chi connectivity index (χ3v) is 18.8. The van der Waals surface area contributed by atoms with Gasteiger partial charge in [0.25, 0.3) is 0 Å². The van der Waals surface area contributed by atoms with Crippen LogP contribution in [-0.2, 0) is 98.7 Å². The molecule has 0 N–H and O–H groups in total. The van der Waals surface area contributed by atoms with Crippen molar-refractivity contribution in [2.24, 2.45) is 0 Å². The molecule has 0 aliphatic heterocycles. The van der Waals surface area contributed by atoms with Crippen LogP contribution in [0.3, 0.4) is 0 Å². The minimum Gasteiger partial charge on any atom is -0.540 e. The van der Waals surface area contributed by atoms with Crippen LogP contribution in [0.1, 0.15) is 103 Å². The van der Waals surface area contributed by atoms with Gasteiger partial charge in [0.1, 0.15) is 0 Å². The summed E-state index contributed by atoms with van der Waals surface area (Å²) in [7, 11) is 1.66. The largest absolute Gasteiger partial charge is 0.540 e. The molecule has 0 saturated heterocycles. The topological polar surface area (TPSA) is 60.8 Å². The number of pyridine rings is 4. The maximum atomic E-state index is 5.20. The van der Waals surface area contributed by atoms with E-state index in [-0.39, 0.29) is 85.8 Å². The van der Waals surface area contributed by atoms with Gasteiger partial charge in [-0.25, -0.2) is 0 Å². The van der Waals surface area contributed by atoms with Gasteiger partial charge in [0.05, 0.1) is 7.11 Å². The normalized spacial score (nSPS) is 10.9. The zero-order valence-electron chi connectivity index (χ0n) is 58.5. The van der Waals surface area contributed by atoms with Crippen molar-refractivity contribution in [3.8, 4) is 50.8 Å². The van der Waals surface area contributed by atoms with Crippen LogP contribution in [0.15, 0.2) is 267 Å². The number of nitrogens with zero attached hydrogens (tertiary/aromatic N) is 4. The molecule has 0 amide bonds. The summed E-state index contributed by atoms with van der Waals surface area (Å²) in [6.45, 7) is 11.2. The van der Waals surface area contributed by atoms with Gasteiger partial charge in [0.2, 0.25) is 0 Å². The van der Waals surface area contributed by atoms with Gasteiger partial charge in [-0.2, -0.15) is 0 Å². The molecule has 16 rings (SSSR count). The third kappa shape index (κ3) is 18.2. The van der Waals surface area contributed by atoms with E-state index in [0.717, 1.165) is 69.0 Å². The van der Waals surface area contributed by atoms with Crippen molar-refractivity contribution in [2.75, 3.05) is 7.11 Å². The molecule has 4 radical (unpaired) electrons. The molecule has 0 saturated carbocycles. The van der Waals surface area contributed by atoms with E-state index in [2.05, 4.69) is 303 Å². The van der Waals surface area contributed by atoms with Gasteiger partial charge in [-0.3, -0.25) is 0 Å². The van der Waals surface area contributed by atoms with Gasteiger partial charge < -0.3 is 24.7 Å². The van der Waals surface area contributed by atoms with Gasteiger partial charge >= 0.3 is 0 Å². The maximum Gasteiger partial charge on any atom is 0.0647 e. The Morgan fingerprint density at radius 3 is 0.931 bits per heavy atom. The second kappa shape index (κ2) is 37.2. The molecule has 0 spiro atoms. The molecule has 0 bridgehead atoms. The van der Waals surface area contributed by atoms with Crippen molar-refractivity contribution in [3.63, 3.8) is 0 Å². The van der Waals surface area contributed by atoms with Gasteiger partial charge in [-0.1, -0.05) is 244 Å².